The van der Waals surface area contributed by atoms with Gasteiger partial charge in [0.2, 0.25) is 12.3 Å². The SMILES string of the molecule is C[C@@H]1CCCC[C@@H]1NC(=O)c1ccc(-c2nnco2)cc1. The maximum absolute atomic E-state index is 12.3. The van der Waals surface area contributed by atoms with Gasteiger partial charge in [-0.05, 0) is 43.0 Å². The Morgan fingerprint density at radius 2 is 2.00 bits per heavy atom. The molecule has 1 fully saturated rings. The highest BCUT2D eigenvalue weighted by molar-refractivity contribution is 5.94. The molecule has 1 aliphatic rings. The summed E-state index contributed by atoms with van der Waals surface area (Å²) in [5.41, 5.74) is 1.48. The molecule has 0 radical (unpaired) electrons. The second-order valence-corrected chi connectivity index (χ2v) is 5.66. The summed E-state index contributed by atoms with van der Waals surface area (Å²) in [5, 5.41) is 10.6. The summed E-state index contributed by atoms with van der Waals surface area (Å²) < 4.78 is 5.13. The lowest BCUT2D eigenvalue weighted by molar-refractivity contribution is 0.0910. The summed E-state index contributed by atoms with van der Waals surface area (Å²) in [5.74, 6) is 1.01. The molecule has 1 aromatic heterocycles. The lowest BCUT2D eigenvalue weighted by Crippen LogP contribution is -2.41. The molecule has 3 rings (SSSR count). The van der Waals surface area contributed by atoms with Gasteiger partial charge in [-0.25, -0.2) is 0 Å². The van der Waals surface area contributed by atoms with Gasteiger partial charge >= 0.3 is 0 Å². The van der Waals surface area contributed by atoms with Crippen LogP contribution in [0.15, 0.2) is 35.1 Å². The van der Waals surface area contributed by atoms with Crippen LogP contribution in [0.25, 0.3) is 11.5 Å². The fourth-order valence-electron chi connectivity index (χ4n) is 2.85. The Bertz CT molecular complexity index is 592. The fraction of sp³-hybridized carbons (Fsp3) is 0.438. The Kier molecular flexibility index (Phi) is 3.99. The van der Waals surface area contributed by atoms with Crippen molar-refractivity contribution in [3.8, 4) is 11.5 Å². The van der Waals surface area contributed by atoms with Crippen molar-refractivity contribution in [1.82, 2.24) is 15.5 Å². The zero-order chi connectivity index (χ0) is 14.7. The largest absolute Gasteiger partial charge is 0.423 e. The molecule has 5 heteroatoms. The molecule has 110 valence electrons. The summed E-state index contributed by atoms with van der Waals surface area (Å²) >= 11 is 0. The lowest BCUT2D eigenvalue weighted by Gasteiger charge is -2.29. The van der Waals surface area contributed by atoms with Gasteiger partial charge in [-0.15, -0.1) is 10.2 Å². The van der Waals surface area contributed by atoms with Crippen molar-refractivity contribution >= 4 is 5.91 Å². The predicted molar refractivity (Wildman–Crippen MR) is 78.6 cm³/mol. The van der Waals surface area contributed by atoms with Crippen LogP contribution in [0.2, 0.25) is 0 Å². The highest BCUT2D eigenvalue weighted by Crippen LogP contribution is 2.24. The number of nitrogens with zero attached hydrogens (tertiary/aromatic N) is 2. The van der Waals surface area contributed by atoms with Crippen molar-refractivity contribution in [3.05, 3.63) is 36.2 Å². The van der Waals surface area contributed by atoms with Crippen molar-refractivity contribution in [2.45, 2.75) is 38.6 Å². The minimum absolute atomic E-state index is 0.00849. The number of hydrogen-bond acceptors (Lipinski definition) is 4. The molecule has 0 aliphatic heterocycles. The van der Waals surface area contributed by atoms with Crippen molar-refractivity contribution in [3.63, 3.8) is 0 Å². The molecule has 0 spiro atoms. The summed E-state index contributed by atoms with van der Waals surface area (Å²) in [6.45, 7) is 2.21. The van der Waals surface area contributed by atoms with Crippen molar-refractivity contribution in [2.24, 2.45) is 5.92 Å². The number of aromatic nitrogens is 2. The van der Waals surface area contributed by atoms with Gasteiger partial charge in [-0.1, -0.05) is 19.8 Å². The highest BCUT2D eigenvalue weighted by Gasteiger charge is 2.23. The standard InChI is InChI=1S/C16H19N3O2/c1-11-4-2-3-5-14(11)18-15(20)12-6-8-13(9-7-12)16-19-17-10-21-16/h6-11,14H,2-5H2,1H3,(H,18,20)/t11-,14+/m1/s1. The monoisotopic (exact) mass is 285 g/mol. The molecule has 0 saturated heterocycles. The highest BCUT2D eigenvalue weighted by atomic mass is 16.4. The zero-order valence-corrected chi connectivity index (χ0v) is 12.1. The number of carbonyl (C=O) groups excluding carboxylic acids is 1. The molecule has 1 heterocycles. The van der Waals surface area contributed by atoms with E-state index in [0.29, 0.717) is 23.4 Å². The van der Waals surface area contributed by atoms with Gasteiger partial charge in [0.05, 0.1) is 0 Å². The molecular weight excluding hydrogens is 266 g/mol. The normalized spacial score (nSPS) is 22.0. The number of rotatable bonds is 3. The average Bonchev–Trinajstić information content (AvgIpc) is 3.04. The number of benzene rings is 1. The van der Waals surface area contributed by atoms with Gasteiger partial charge in [0.15, 0.2) is 0 Å². The van der Waals surface area contributed by atoms with Gasteiger partial charge in [0, 0.05) is 17.2 Å². The fourth-order valence-corrected chi connectivity index (χ4v) is 2.85. The van der Waals surface area contributed by atoms with E-state index in [4.69, 9.17) is 4.42 Å². The third-order valence-corrected chi connectivity index (χ3v) is 4.18. The van der Waals surface area contributed by atoms with E-state index in [1.807, 2.05) is 12.1 Å². The first-order valence-corrected chi connectivity index (χ1v) is 7.41. The Hall–Kier alpha value is -2.17. The quantitative estimate of drug-likeness (QED) is 0.941. The van der Waals surface area contributed by atoms with Gasteiger partial charge in [-0.3, -0.25) is 4.79 Å². The van der Waals surface area contributed by atoms with Gasteiger partial charge < -0.3 is 9.73 Å². The minimum atomic E-state index is -0.00849. The molecule has 21 heavy (non-hydrogen) atoms. The molecule has 2 atom stereocenters. The van der Waals surface area contributed by atoms with Crippen molar-refractivity contribution in [2.75, 3.05) is 0 Å². The number of nitrogens with one attached hydrogen (secondary N) is 1. The Balaban J connectivity index is 1.67. The first-order valence-electron chi connectivity index (χ1n) is 7.41. The van der Waals surface area contributed by atoms with Crippen LogP contribution in [0, 0.1) is 5.92 Å². The molecule has 1 aromatic carbocycles. The third-order valence-electron chi connectivity index (χ3n) is 4.18. The molecule has 1 aliphatic carbocycles. The third kappa shape index (κ3) is 3.12. The Labute approximate surface area is 123 Å². The molecule has 2 aromatic rings. The molecular formula is C16H19N3O2. The van der Waals surface area contributed by atoms with Gasteiger partial charge in [0.25, 0.3) is 5.91 Å². The minimum Gasteiger partial charge on any atom is -0.423 e. The van der Waals surface area contributed by atoms with E-state index in [0.717, 1.165) is 12.0 Å². The molecule has 5 nitrogen and oxygen atoms in total. The second kappa shape index (κ2) is 6.08. The summed E-state index contributed by atoms with van der Waals surface area (Å²) in [6, 6.07) is 7.53. The second-order valence-electron chi connectivity index (χ2n) is 5.66. The van der Waals surface area contributed by atoms with Crippen LogP contribution in [-0.2, 0) is 0 Å². The van der Waals surface area contributed by atoms with Crippen LogP contribution in [0.1, 0.15) is 43.0 Å². The van der Waals surface area contributed by atoms with Crippen LogP contribution < -0.4 is 5.32 Å². The molecule has 1 N–H and O–H groups in total. The summed E-state index contributed by atoms with van der Waals surface area (Å²) in [6.07, 6.45) is 6.03. The summed E-state index contributed by atoms with van der Waals surface area (Å²) in [7, 11) is 0. The smallest absolute Gasteiger partial charge is 0.251 e. The molecule has 1 amide bonds. The van der Waals surface area contributed by atoms with Crippen LogP contribution >= 0.6 is 0 Å². The lowest BCUT2D eigenvalue weighted by atomic mass is 9.86. The molecule has 0 unspecified atom stereocenters. The van der Waals surface area contributed by atoms with Crippen LogP contribution in [0.5, 0.6) is 0 Å². The van der Waals surface area contributed by atoms with Crippen molar-refractivity contribution < 1.29 is 9.21 Å². The zero-order valence-electron chi connectivity index (χ0n) is 12.1. The predicted octanol–water partition coefficient (Wildman–Crippen LogP) is 3.05. The molecule has 1 saturated carbocycles. The van der Waals surface area contributed by atoms with Gasteiger partial charge in [-0.2, -0.15) is 0 Å². The first-order chi connectivity index (χ1) is 10.2. The van der Waals surface area contributed by atoms with E-state index >= 15 is 0 Å². The maximum Gasteiger partial charge on any atom is 0.251 e. The van der Waals surface area contributed by atoms with Crippen LogP contribution in [-0.4, -0.2) is 22.1 Å². The Morgan fingerprint density at radius 3 is 2.67 bits per heavy atom. The van der Waals surface area contributed by atoms with E-state index in [9.17, 15) is 4.79 Å². The van der Waals surface area contributed by atoms with E-state index in [-0.39, 0.29) is 5.91 Å². The first kappa shape index (κ1) is 13.8. The van der Waals surface area contributed by atoms with E-state index in [2.05, 4.69) is 22.4 Å². The van der Waals surface area contributed by atoms with Gasteiger partial charge in [0.1, 0.15) is 0 Å². The van der Waals surface area contributed by atoms with Crippen molar-refractivity contribution in [1.29, 1.82) is 0 Å². The Morgan fingerprint density at radius 1 is 1.24 bits per heavy atom. The van der Waals surface area contributed by atoms with Crippen LogP contribution in [0.3, 0.4) is 0 Å². The number of hydrogen-bond donors (Lipinski definition) is 1. The van der Waals surface area contributed by atoms with E-state index < -0.39 is 0 Å². The molecule has 0 bridgehead atoms. The summed E-state index contributed by atoms with van der Waals surface area (Å²) in [4.78, 5) is 12.3. The number of carbonyl (C=O) groups is 1. The van der Waals surface area contributed by atoms with E-state index in [1.165, 1.54) is 25.7 Å². The number of amides is 1. The van der Waals surface area contributed by atoms with Crippen LogP contribution in [0.4, 0.5) is 0 Å². The van der Waals surface area contributed by atoms with E-state index in [1.54, 1.807) is 12.1 Å². The topological polar surface area (TPSA) is 68.0 Å². The maximum atomic E-state index is 12.3. The average molecular weight is 285 g/mol.